The molecule has 5 nitrogen and oxygen atoms in total. The number of furan rings is 1. The van der Waals surface area contributed by atoms with Gasteiger partial charge in [0.15, 0.2) is 5.76 Å². The van der Waals surface area contributed by atoms with Crippen molar-refractivity contribution in [1.82, 2.24) is 4.90 Å². The molecule has 0 saturated heterocycles. The normalized spacial score (nSPS) is 11.4. The van der Waals surface area contributed by atoms with E-state index in [1.807, 2.05) is 0 Å². The van der Waals surface area contributed by atoms with Crippen LogP contribution in [0.5, 0.6) is 0 Å². The highest BCUT2D eigenvalue weighted by molar-refractivity contribution is 5.96. The van der Waals surface area contributed by atoms with Crippen LogP contribution in [-0.4, -0.2) is 28.9 Å². The van der Waals surface area contributed by atoms with Gasteiger partial charge in [0.25, 0.3) is 5.91 Å². The van der Waals surface area contributed by atoms with Crippen molar-refractivity contribution in [2.75, 3.05) is 7.05 Å². The van der Waals surface area contributed by atoms with Crippen LogP contribution in [0.15, 0.2) is 34.7 Å². The topological polar surface area (TPSA) is 70.8 Å². The van der Waals surface area contributed by atoms with Gasteiger partial charge in [-0.15, -0.1) is 0 Å². The molecule has 0 aliphatic heterocycles. The molecule has 0 atom stereocenters. The van der Waals surface area contributed by atoms with Crippen molar-refractivity contribution in [2.45, 2.75) is 26.1 Å². The van der Waals surface area contributed by atoms with Gasteiger partial charge < -0.3 is 14.4 Å². The van der Waals surface area contributed by atoms with Gasteiger partial charge >= 0.3 is 12.1 Å². The van der Waals surface area contributed by atoms with E-state index in [1.165, 1.54) is 25.2 Å². The molecule has 0 aliphatic rings. The number of hydrogen-bond acceptors (Lipinski definition) is 3. The number of nitrogens with zero attached hydrogens (tertiary/aromatic N) is 1. The fourth-order valence-electron chi connectivity index (χ4n) is 2.43. The van der Waals surface area contributed by atoms with Crippen LogP contribution in [0.4, 0.5) is 13.2 Å². The van der Waals surface area contributed by atoms with E-state index in [9.17, 15) is 22.8 Å². The summed E-state index contributed by atoms with van der Waals surface area (Å²) >= 11 is 0. The average Bonchev–Trinajstić information content (AvgIpc) is 2.98. The Labute approximate surface area is 141 Å². The Morgan fingerprint density at radius 3 is 2.40 bits per heavy atom. The minimum Gasteiger partial charge on any atom is -0.478 e. The summed E-state index contributed by atoms with van der Waals surface area (Å²) in [5.41, 5.74) is -1.02. The van der Waals surface area contributed by atoms with Crippen LogP contribution in [0.25, 0.3) is 0 Å². The number of carboxylic acid groups (broad SMARTS) is 1. The Morgan fingerprint density at radius 2 is 1.88 bits per heavy atom. The van der Waals surface area contributed by atoms with Gasteiger partial charge in [-0.1, -0.05) is 25.1 Å². The predicted octanol–water partition coefficient (Wildman–Crippen LogP) is 3.83. The summed E-state index contributed by atoms with van der Waals surface area (Å²) in [7, 11) is 1.32. The summed E-state index contributed by atoms with van der Waals surface area (Å²) < 4.78 is 44.3. The van der Waals surface area contributed by atoms with E-state index in [0.29, 0.717) is 0 Å². The Morgan fingerprint density at radius 1 is 1.24 bits per heavy atom. The smallest absolute Gasteiger partial charge is 0.416 e. The summed E-state index contributed by atoms with van der Waals surface area (Å²) in [5.74, 6) is -2.01. The van der Waals surface area contributed by atoms with Crippen LogP contribution in [0.2, 0.25) is 0 Å². The number of rotatable bonds is 5. The van der Waals surface area contributed by atoms with Crippen molar-refractivity contribution < 1.29 is 32.3 Å². The van der Waals surface area contributed by atoms with E-state index in [-0.39, 0.29) is 35.6 Å². The largest absolute Gasteiger partial charge is 0.478 e. The third-order valence-electron chi connectivity index (χ3n) is 3.65. The Hall–Kier alpha value is -2.77. The summed E-state index contributed by atoms with van der Waals surface area (Å²) in [5, 5.41) is 9.08. The molecular formula is C17H16F3NO4. The second-order valence-corrected chi connectivity index (χ2v) is 5.42. The quantitative estimate of drug-likeness (QED) is 0.885. The van der Waals surface area contributed by atoms with Crippen LogP contribution in [-0.2, 0) is 19.1 Å². The minimum absolute atomic E-state index is 0.0634. The zero-order valence-electron chi connectivity index (χ0n) is 13.6. The number of aryl methyl sites for hydroxylation is 1. The highest BCUT2D eigenvalue weighted by Crippen LogP contribution is 2.32. The van der Waals surface area contributed by atoms with Crippen molar-refractivity contribution in [1.29, 1.82) is 0 Å². The molecule has 0 fully saturated rings. The van der Waals surface area contributed by atoms with E-state index in [4.69, 9.17) is 9.52 Å². The van der Waals surface area contributed by atoms with Gasteiger partial charge in [0.1, 0.15) is 11.3 Å². The maximum atomic E-state index is 13.0. The lowest BCUT2D eigenvalue weighted by atomic mass is 10.1. The minimum atomic E-state index is -4.53. The number of alkyl halides is 3. The third kappa shape index (κ3) is 4.01. The van der Waals surface area contributed by atoms with Crippen LogP contribution in [0.3, 0.4) is 0 Å². The fraction of sp³-hybridized carbons (Fsp3) is 0.294. The summed E-state index contributed by atoms with van der Waals surface area (Å²) in [6.07, 6.45) is -4.26. The van der Waals surface area contributed by atoms with Crippen LogP contribution >= 0.6 is 0 Å². The molecule has 134 valence electrons. The number of amides is 1. The monoisotopic (exact) mass is 355 g/mol. The molecule has 1 amide bonds. The van der Waals surface area contributed by atoms with Gasteiger partial charge in [-0.25, -0.2) is 4.79 Å². The van der Waals surface area contributed by atoms with Crippen molar-refractivity contribution in [2.24, 2.45) is 0 Å². The highest BCUT2D eigenvalue weighted by Gasteiger charge is 2.33. The van der Waals surface area contributed by atoms with Gasteiger partial charge in [0.05, 0.1) is 5.56 Å². The SMILES string of the molecule is CCc1oc(C(=O)N(C)Cc2ccccc2C(F)(F)F)cc1C(=O)O. The molecule has 1 N–H and O–H groups in total. The molecule has 0 radical (unpaired) electrons. The van der Waals surface area contributed by atoms with Gasteiger partial charge in [-0.3, -0.25) is 4.79 Å². The average molecular weight is 355 g/mol. The molecule has 0 spiro atoms. The number of carbonyl (C=O) groups is 2. The molecule has 1 aromatic heterocycles. The summed E-state index contributed by atoms with van der Waals surface area (Å²) in [6, 6.07) is 6.05. The number of hydrogen-bond donors (Lipinski definition) is 1. The first-order valence-corrected chi connectivity index (χ1v) is 7.41. The molecule has 0 aliphatic carbocycles. The fourth-order valence-corrected chi connectivity index (χ4v) is 2.43. The lowest BCUT2D eigenvalue weighted by Crippen LogP contribution is -2.27. The number of carboxylic acids is 1. The maximum absolute atomic E-state index is 13.0. The van der Waals surface area contributed by atoms with E-state index in [1.54, 1.807) is 6.92 Å². The molecular weight excluding hydrogens is 339 g/mol. The zero-order chi connectivity index (χ0) is 18.8. The second kappa shape index (κ2) is 7.00. The number of halogens is 3. The number of benzene rings is 1. The Bertz CT molecular complexity index is 795. The van der Waals surface area contributed by atoms with Gasteiger partial charge in [-0.05, 0) is 11.6 Å². The second-order valence-electron chi connectivity index (χ2n) is 5.42. The predicted molar refractivity (Wildman–Crippen MR) is 82.3 cm³/mol. The molecule has 1 heterocycles. The first-order chi connectivity index (χ1) is 11.6. The lowest BCUT2D eigenvalue weighted by Gasteiger charge is -2.19. The van der Waals surface area contributed by atoms with Gasteiger partial charge in [0, 0.05) is 26.1 Å². The first kappa shape index (κ1) is 18.6. The first-order valence-electron chi connectivity index (χ1n) is 7.41. The van der Waals surface area contributed by atoms with E-state index < -0.39 is 23.6 Å². The lowest BCUT2D eigenvalue weighted by molar-refractivity contribution is -0.138. The molecule has 8 heteroatoms. The van der Waals surface area contributed by atoms with Crippen LogP contribution in [0.1, 0.15) is 44.7 Å². The molecule has 2 rings (SSSR count). The number of aromatic carboxylic acids is 1. The van der Waals surface area contributed by atoms with Crippen molar-refractivity contribution in [3.8, 4) is 0 Å². The van der Waals surface area contributed by atoms with E-state index >= 15 is 0 Å². The standard InChI is InChI=1S/C17H16F3NO4/c1-3-13-11(16(23)24)8-14(25-13)15(22)21(2)9-10-6-4-5-7-12(10)17(18,19)20/h4-8H,3,9H2,1-2H3,(H,23,24). The molecule has 0 unspecified atom stereocenters. The third-order valence-corrected chi connectivity index (χ3v) is 3.65. The molecule has 0 bridgehead atoms. The molecule has 0 saturated carbocycles. The van der Waals surface area contributed by atoms with Crippen molar-refractivity contribution in [3.05, 3.63) is 58.5 Å². The molecule has 1 aromatic carbocycles. The zero-order valence-corrected chi connectivity index (χ0v) is 13.6. The Kier molecular flexibility index (Phi) is 5.20. The van der Waals surface area contributed by atoms with Gasteiger partial charge in [-0.2, -0.15) is 13.2 Å². The van der Waals surface area contributed by atoms with Crippen molar-refractivity contribution >= 4 is 11.9 Å². The van der Waals surface area contributed by atoms with Crippen molar-refractivity contribution in [3.63, 3.8) is 0 Å². The maximum Gasteiger partial charge on any atom is 0.416 e. The van der Waals surface area contributed by atoms with Gasteiger partial charge in [0.2, 0.25) is 0 Å². The molecule has 2 aromatic rings. The van der Waals surface area contributed by atoms with E-state index in [0.717, 1.165) is 17.0 Å². The molecule has 25 heavy (non-hydrogen) atoms. The number of carbonyl (C=O) groups excluding carboxylic acids is 1. The highest BCUT2D eigenvalue weighted by atomic mass is 19.4. The van der Waals surface area contributed by atoms with Crippen LogP contribution in [0, 0.1) is 0 Å². The Balaban J connectivity index is 2.26. The van der Waals surface area contributed by atoms with Crippen LogP contribution < -0.4 is 0 Å². The summed E-state index contributed by atoms with van der Waals surface area (Å²) in [6.45, 7) is 1.38. The summed E-state index contributed by atoms with van der Waals surface area (Å²) in [4.78, 5) is 24.5. The van der Waals surface area contributed by atoms with E-state index in [2.05, 4.69) is 0 Å².